The molecule has 0 saturated carbocycles. The maximum Gasteiger partial charge on any atom is 0.351 e. The van der Waals surface area contributed by atoms with Crippen molar-refractivity contribution in [2.24, 2.45) is 0 Å². The molecule has 8 heteroatoms. The van der Waals surface area contributed by atoms with Gasteiger partial charge in [-0.1, -0.05) is 15.9 Å². The van der Waals surface area contributed by atoms with Crippen LogP contribution >= 0.6 is 15.9 Å². The second-order valence-corrected chi connectivity index (χ2v) is 4.71. The van der Waals surface area contributed by atoms with Crippen molar-refractivity contribution in [1.82, 2.24) is 9.55 Å². The van der Waals surface area contributed by atoms with Gasteiger partial charge in [0.2, 0.25) is 0 Å². The molecule has 1 aliphatic rings. The summed E-state index contributed by atoms with van der Waals surface area (Å²) in [5, 5.41) is 18.7. The molecule has 7 nitrogen and oxygen atoms in total. The Morgan fingerprint density at radius 2 is 2.42 bits per heavy atom. The molecular weight excluding hydrogens is 318 g/mol. The van der Waals surface area contributed by atoms with Gasteiger partial charge in [-0.05, 0) is 11.1 Å². The van der Waals surface area contributed by atoms with Crippen molar-refractivity contribution in [1.29, 1.82) is 0 Å². The summed E-state index contributed by atoms with van der Waals surface area (Å²) in [5.41, 5.74) is 5.63. The molecule has 2 rings (SSSR count). The normalized spacial score (nSPS) is 27.2. The fraction of sp³-hybridized carbons (Fsp3) is 0.455. The van der Waals surface area contributed by atoms with Gasteiger partial charge in [0.1, 0.15) is 18.1 Å². The van der Waals surface area contributed by atoms with Crippen molar-refractivity contribution in [3.8, 4) is 0 Å². The number of halogens is 1. The first kappa shape index (κ1) is 14.2. The van der Waals surface area contributed by atoms with E-state index >= 15 is 0 Å². The highest BCUT2D eigenvalue weighted by molar-refractivity contribution is 9.11. The van der Waals surface area contributed by atoms with Crippen molar-refractivity contribution in [3.63, 3.8) is 0 Å². The zero-order valence-electron chi connectivity index (χ0n) is 9.94. The summed E-state index contributed by atoms with van der Waals surface area (Å²) >= 11 is 3.12. The molecule has 104 valence electrons. The van der Waals surface area contributed by atoms with Crippen LogP contribution in [-0.2, 0) is 4.74 Å². The third-order valence-electron chi connectivity index (χ3n) is 2.95. The Hall–Kier alpha value is -1.22. The maximum absolute atomic E-state index is 11.8. The Balaban J connectivity index is 2.35. The van der Waals surface area contributed by atoms with Crippen LogP contribution < -0.4 is 11.4 Å². The van der Waals surface area contributed by atoms with Crippen LogP contribution in [0.1, 0.15) is 18.2 Å². The Kier molecular flexibility index (Phi) is 4.35. The minimum atomic E-state index is -0.811. The topological polar surface area (TPSA) is 111 Å². The number of anilines is 1. The number of aliphatic hydroxyl groups is 2. The molecule has 2 heterocycles. The lowest BCUT2D eigenvalue weighted by Crippen LogP contribution is -2.28. The second kappa shape index (κ2) is 5.83. The number of nitrogens with two attached hydrogens (primary N) is 1. The number of nitrogen functional groups attached to an aromatic ring is 1. The number of ether oxygens (including phenoxy) is 1. The summed E-state index contributed by atoms with van der Waals surface area (Å²) < 4.78 is 6.67. The van der Waals surface area contributed by atoms with Crippen LogP contribution in [0.5, 0.6) is 0 Å². The van der Waals surface area contributed by atoms with Crippen molar-refractivity contribution in [2.75, 3.05) is 12.3 Å². The minimum Gasteiger partial charge on any atom is -0.394 e. The molecular formula is C11H14BrN3O4. The highest BCUT2D eigenvalue weighted by atomic mass is 79.9. The molecule has 0 amide bonds. The van der Waals surface area contributed by atoms with Crippen LogP contribution in [0, 0.1) is 0 Å². The molecule has 0 spiro atoms. The minimum absolute atomic E-state index is 0.120. The van der Waals surface area contributed by atoms with Crippen LogP contribution in [0.4, 0.5) is 5.82 Å². The first-order chi connectivity index (χ1) is 9.06. The predicted molar refractivity (Wildman–Crippen MR) is 72.5 cm³/mol. The molecule has 1 aromatic rings. The van der Waals surface area contributed by atoms with Crippen molar-refractivity contribution in [2.45, 2.75) is 24.9 Å². The van der Waals surface area contributed by atoms with Gasteiger partial charge in [0.05, 0.1) is 12.7 Å². The molecule has 1 aliphatic heterocycles. The quantitative estimate of drug-likeness (QED) is 0.709. The summed E-state index contributed by atoms with van der Waals surface area (Å²) in [6.07, 6.45) is 1.22. The molecule has 1 fully saturated rings. The van der Waals surface area contributed by atoms with E-state index in [0.717, 1.165) is 0 Å². The van der Waals surface area contributed by atoms with E-state index in [0.29, 0.717) is 5.56 Å². The van der Waals surface area contributed by atoms with Gasteiger partial charge in [-0.25, -0.2) is 4.79 Å². The monoisotopic (exact) mass is 331 g/mol. The Labute approximate surface area is 117 Å². The molecule has 0 radical (unpaired) electrons. The number of aliphatic hydroxyl groups excluding tert-OH is 2. The lowest BCUT2D eigenvalue weighted by Gasteiger charge is -2.15. The van der Waals surface area contributed by atoms with Crippen molar-refractivity contribution < 1.29 is 14.9 Å². The van der Waals surface area contributed by atoms with Gasteiger partial charge in [-0.3, -0.25) is 4.57 Å². The molecule has 0 aliphatic carbocycles. The number of aromatic nitrogens is 2. The molecule has 1 aromatic heterocycles. The molecule has 19 heavy (non-hydrogen) atoms. The second-order valence-electron chi connectivity index (χ2n) is 4.18. The molecule has 4 N–H and O–H groups in total. The highest BCUT2D eigenvalue weighted by Crippen LogP contribution is 2.27. The number of hydrogen-bond acceptors (Lipinski definition) is 6. The Bertz CT molecular complexity index is 545. The third-order valence-corrected chi connectivity index (χ3v) is 3.21. The zero-order valence-corrected chi connectivity index (χ0v) is 11.5. The Morgan fingerprint density at radius 1 is 1.68 bits per heavy atom. The molecule has 0 bridgehead atoms. The average molecular weight is 332 g/mol. The van der Waals surface area contributed by atoms with Gasteiger partial charge in [-0.2, -0.15) is 4.98 Å². The lowest BCUT2D eigenvalue weighted by molar-refractivity contribution is -0.0458. The van der Waals surface area contributed by atoms with Gasteiger partial charge in [0.15, 0.2) is 0 Å². The summed E-state index contributed by atoms with van der Waals surface area (Å²) in [5.74, 6) is 0.120. The van der Waals surface area contributed by atoms with E-state index in [-0.39, 0.29) is 18.8 Å². The molecule has 0 aromatic carbocycles. The molecule has 0 unspecified atom stereocenters. The van der Waals surface area contributed by atoms with Gasteiger partial charge in [0, 0.05) is 18.2 Å². The van der Waals surface area contributed by atoms with Gasteiger partial charge < -0.3 is 20.7 Å². The van der Waals surface area contributed by atoms with Crippen LogP contribution in [0.3, 0.4) is 0 Å². The lowest BCUT2D eigenvalue weighted by atomic mass is 10.2. The van der Waals surface area contributed by atoms with Gasteiger partial charge in [0.25, 0.3) is 0 Å². The van der Waals surface area contributed by atoms with Gasteiger partial charge in [-0.15, -0.1) is 0 Å². The molecule has 3 atom stereocenters. The first-order valence-electron chi connectivity index (χ1n) is 5.66. The zero-order chi connectivity index (χ0) is 14.0. The van der Waals surface area contributed by atoms with Crippen molar-refractivity contribution >= 4 is 27.8 Å². The predicted octanol–water partition coefficient (Wildman–Crippen LogP) is -0.168. The summed E-state index contributed by atoms with van der Waals surface area (Å²) in [4.78, 5) is 17.1. The summed E-state index contributed by atoms with van der Waals surface area (Å²) in [7, 11) is 0. The number of hydrogen-bond donors (Lipinski definition) is 3. The SMILES string of the molecule is Nc1nc(=O)n([C@H]2C[C@H](O)[C@@H](CO)O2)cc1/C=C/Br. The van der Waals surface area contributed by atoms with E-state index in [4.69, 9.17) is 15.6 Å². The van der Waals surface area contributed by atoms with Crippen LogP contribution in [0.2, 0.25) is 0 Å². The van der Waals surface area contributed by atoms with Crippen LogP contribution in [0.15, 0.2) is 16.0 Å². The van der Waals surface area contributed by atoms with Crippen LogP contribution in [-0.4, -0.2) is 38.6 Å². The van der Waals surface area contributed by atoms with Crippen molar-refractivity contribution in [3.05, 3.63) is 27.2 Å². The Morgan fingerprint density at radius 3 is 3.00 bits per heavy atom. The fourth-order valence-corrected chi connectivity index (χ4v) is 2.23. The smallest absolute Gasteiger partial charge is 0.351 e. The first-order valence-corrected chi connectivity index (χ1v) is 6.58. The van der Waals surface area contributed by atoms with E-state index in [9.17, 15) is 9.90 Å². The van der Waals surface area contributed by atoms with Crippen LogP contribution in [0.25, 0.3) is 6.08 Å². The van der Waals surface area contributed by atoms with Gasteiger partial charge >= 0.3 is 5.69 Å². The average Bonchev–Trinajstić information content (AvgIpc) is 2.74. The summed E-state index contributed by atoms with van der Waals surface area (Å²) in [6.45, 7) is -0.303. The standard InChI is InChI=1S/C11H14BrN3O4/c12-2-1-6-4-15(11(18)14-10(6)13)9-3-7(17)8(5-16)19-9/h1-2,4,7-9,16-17H,3,5H2,(H2,13,14,18)/b2-1+/t7-,8+,9+/m0/s1. The van der Waals surface area contributed by atoms with E-state index < -0.39 is 24.1 Å². The van der Waals surface area contributed by atoms with E-state index in [1.165, 1.54) is 10.8 Å². The fourth-order valence-electron chi connectivity index (χ4n) is 1.95. The number of nitrogens with zero attached hydrogens (tertiary/aromatic N) is 2. The third kappa shape index (κ3) is 2.86. The highest BCUT2D eigenvalue weighted by Gasteiger charge is 2.35. The molecule has 1 saturated heterocycles. The van der Waals surface area contributed by atoms with E-state index in [2.05, 4.69) is 20.9 Å². The van der Waals surface area contributed by atoms with E-state index in [1.807, 2.05) is 0 Å². The largest absolute Gasteiger partial charge is 0.394 e. The number of rotatable bonds is 3. The van der Waals surface area contributed by atoms with E-state index in [1.54, 1.807) is 11.1 Å². The summed E-state index contributed by atoms with van der Waals surface area (Å²) in [6, 6.07) is 0. The maximum atomic E-state index is 11.8.